The van der Waals surface area contributed by atoms with Crippen LogP contribution in [0.25, 0.3) is 0 Å². The van der Waals surface area contributed by atoms with Gasteiger partial charge in [0.25, 0.3) is 0 Å². The predicted octanol–water partition coefficient (Wildman–Crippen LogP) is 1.91. The van der Waals surface area contributed by atoms with Gasteiger partial charge in [-0.1, -0.05) is 0 Å². The minimum Gasteiger partial charge on any atom is -0.492 e. The second kappa shape index (κ2) is 8.71. The Kier molecular flexibility index (Phi) is 6.64. The topological polar surface area (TPSA) is 80.4 Å². The zero-order valence-electron chi connectivity index (χ0n) is 15.3. The highest BCUT2D eigenvalue weighted by Gasteiger charge is 2.25. The molecule has 138 valence electrons. The average Bonchev–Trinajstić information content (AvgIpc) is 2.56. The fourth-order valence-electron chi connectivity index (χ4n) is 2.51. The van der Waals surface area contributed by atoms with Gasteiger partial charge in [-0.2, -0.15) is 5.10 Å². The van der Waals surface area contributed by atoms with Gasteiger partial charge in [0, 0.05) is 32.7 Å². The van der Waals surface area contributed by atoms with Crippen LogP contribution in [0.1, 0.15) is 26.3 Å². The van der Waals surface area contributed by atoms with Crippen LogP contribution in [0.4, 0.5) is 4.79 Å². The van der Waals surface area contributed by atoms with Crippen molar-refractivity contribution in [2.24, 2.45) is 10.9 Å². The molecule has 1 aliphatic heterocycles. The highest BCUT2D eigenvalue weighted by atomic mass is 16.6. The third-order valence-electron chi connectivity index (χ3n) is 3.80. The number of carbonyl (C=O) groups is 1. The Morgan fingerprint density at radius 2 is 1.84 bits per heavy atom. The van der Waals surface area contributed by atoms with Gasteiger partial charge in [0.1, 0.15) is 18.0 Å². The number of carbonyl (C=O) groups excluding carboxylic acids is 1. The SMILES string of the molecule is CC(C)(C)OC(=O)N1CCN(CCOc2ccc(C=NN)cc2)CC1. The molecule has 7 heteroatoms. The van der Waals surface area contributed by atoms with Gasteiger partial charge >= 0.3 is 6.09 Å². The van der Waals surface area contributed by atoms with E-state index in [4.69, 9.17) is 15.3 Å². The molecule has 1 fully saturated rings. The molecule has 1 aliphatic rings. The van der Waals surface area contributed by atoms with Crippen molar-refractivity contribution in [3.63, 3.8) is 0 Å². The van der Waals surface area contributed by atoms with Crippen molar-refractivity contribution in [1.82, 2.24) is 9.80 Å². The lowest BCUT2D eigenvalue weighted by Crippen LogP contribution is -2.50. The van der Waals surface area contributed by atoms with Crippen molar-refractivity contribution in [2.75, 3.05) is 39.3 Å². The summed E-state index contributed by atoms with van der Waals surface area (Å²) in [6.07, 6.45) is 1.36. The van der Waals surface area contributed by atoms with Crippen LogP contribution in [0.2, 0.25) is 0 Å². The Morgan fingerprint density at radius 1 is 1.20 bits per heavy atom. The largest absolute Gasteiger partial charge is 0.492 e. The Balaban J connectivity index is 1.67. The van der Waals surface area contributed by atoms with Crippen LogP contribution in [0, 0.1) is 0 Å². The van der Waals surface area contributed by atoms with E-state index in [0.29, 0.717) is 19.7 Å². The Hall–Kier alpha value is -2.28. The summed E-state index contributed by atoms with van der Waals surface area (Å²) in [5, 5.41) is 3.49. The second-order valence-electron chi connectivity index (χ2n) is 7.00. The summed E-state index contributed by atoms with van der Waals surface area (Å²) >= 11 is 0. The molecule has 0 aliphatic carbocycles. The maximum Gasteiger partial charge on any atom is 0.410 e. The van der Waals surface area contributed by atoms with Crippen molar-refractivity contribution < 1.29 is 14.3 Å². The van der Waals surface area contributed by atoms with Gasteiger partial charge in [-0.15, -0.1) is 0 Å². The Morgan fingerprint density at radius 3 is 2.40 bits per heavy atom. The molecule has 0 spiro atoms. The predicted molar refractivity (Wildman–Crippen MR) is 98.0 cm³/mol. The molecule has 1 saturated heterocycles. The van der Waals surface area contributed by atoms with Crippen molar-refractivity contribution in [1.29, 1.82) is 0 Å². The summed E-state index contributed by atoms with van der Waals surface area (Å²) in [6.45, 7) is 10.1. The van der Waals surface area contributed by atoms with Gasteiger partial charge in [-0.05, 0) is 50.6 Å². The maximum absolute atomic E-state index is 12.0. The zero-order valence-corrected chi connectivity index (χ0v) is 15.3. The molecular weight excluding hydrogens is 320 g/mol. The quantitative estimate of drug-likeness (QED) is 0.499. The number of nitrogens with two attached hydrogens (primary N) is 1. The van der Waals surface area contributed by atoms with E-state index < -0.39 is 5.60 Å². The third kappa shape index (κ3) is 6.62. The van der Waals surface area contributed by atoms with E-state index in [1.165, 1.54) is 0 Å². The average molecular weight is 348 g/mol. The summed E-state index contributed by atoms with van der Waals surface area (Å²) < 4.78 is 11.2. The summed E-state index contributed by atoms with van der Waals surface area (Å²) in [5.74, 6) is 5.94. The maximum atomic E-state index is 12.0. The van der Waals surface area contributed by atoms with E-state index in [9.17, 15) is 4.79 Å². The molecule has 1 amide bonds. The molecule has 0 radical (unpaired) electrons. The number of hydrogen-bond donors (Lipinski definition) is 1. The molecule has 2 rings (SSSR count). The van der Waals surface area contributed by atoms with Gasteiger partial charge in [0.15, 0.2) is 0 Å². The number of rotatable bonds is 5. The van der Waals surface area contributed by atoms with Gasteiger partial charge in [-0.3, -0.25) is 4.90 Å². The monoisotopic (exact) mass is 348 g/mol. The van der Waals surface area contributed by atoms with Crippen LogP contribution in [-0.2, 0) is 4.74 Å². The molecule has 1 aromatic carbocycles. The van der Waals surface area contributed by atoms with Gasteiger partial charge in [0.2, 0.25) is 0 Å². The number of hydrogen-bond acceptors (Lipinski definition) is 6. The number of amides is 1. The lowest BCUT2D eigenvalue weighted by atomic mass is 10.2. The molecule has 0 aromatic heterocycles. The van der Waals surface area contributed by atoms with E-state index in [-0.39, 0.29) is 6.09 Å². The standard InChI is InChI=1S/C18H28N4O3/c1-18(2,3)25-17(23)22-10-8-21(9-11-22)12-13-24-16-6-4-15(5-7-16)14-20-19/h4-7,14H,8-13,19H2,1-3H3. The number of hydrazone groups is 1. The van der Waals surface area contributed by atoms with E-state index in [1.807, 2.05) is 45.0 Å². The minimum atomic E-state index is -0.451. The third-order valence-corrected chi connectivity index (χ3v) is 3.80. The summed E-state index contributed by atoms with van der Waals surface area (Å²) in [5.41, 5.74) is 0.487. The number of ether oxygens (including phenoxy) is 2. The smallest absolute Gasteiger partial charge is 0.410 e. The van der Waals surface area contributed by atoms with Crippen LogP contribution in [0.5, 0.6) is 5.75 Å². The Bertz CT molecular complexity index is 573. The fourth-order valence-corrected chi connectivity index (χ4v) is 2.51. The molecule has 7 nitrogen and oxygen atoms in total. The molecule has 1 heterocycles. The van der Waals surface area contributed by atoms with Crippen molar-refractivity contribution >= 4 is 12.3 Å². The van der Waals surface area contributed by atoms with E-state index in [1.54, 1.807) is 11.1 Å². The minimum absolute atomic E-state index is 0.232. The normalized spacial score (nSPS) is 16.2. The second-order valence-corrected chi connectivity index (χ2v) is 7.00. The molecule has 25 heavy (non-hydrogen) atoms. The van der Waals surface area contributed by atoms with Crippen LogP contribution < -0.4 is 10.6 Å². The molecule has 0 atom stereocenters. The Labute approximate surface area is 149 Å². The van der Waals surface area contributed by atoms with Gasteiger partial charge < -0.3 is 20.2 Å². The van der Waals surface area contributed by atoms with Crippen LogP contribution >= 0.6 is 0 Å². The zero-order chi connectivity index (χ0) is 18.3. The van der Waals surface area contributed by atoms with Gasteiger partial charge in [-0.25, -0.2) is 4.79 Å². The summed E-state index contributed by atoms with van der Waals surface area (Å²) in [7, 11) is 0. The lowest BCUT2D eigenvalue weighted by molar-refractivity contribution is 0.0137. The van der Waals surface area contributed by atoms with Crippen LogP contribution in [-0.4, -0.2) is 67.0 Å². The number of benzene rings is 1. The van der Waals surface area contributed by atoms with Crippen molar-refractivity contribution in [3.05, 3.63) is 29.8 Å². The molecule has 0 saturated carbocycles. The van der Waals surface area contributed by atoms with E-state index in [0.717, 1.165) is 30.9 Å². The first-order chi connectivity index (χ1) is 11.9. The lowest BCUT2D eigenvalue weighted by Gasteiger charge is -2.35. The van der Waals surface area contributed by atoms with Crippen LogP contribution in [0.15, 0.2) is 29.4 Å². The number of piperazine rings is 1. The van der Waals surface area contributed by atoms with E-state index >= 15 is 0 Å². The highest BCUT2D eigenvalue weighted by molar-refractivity contribution is 5.79. The first-order valence-electron chi connectivity index (χ1n) is 8.54. The van der Waals surface area contributed by atoms with Gasteiger partial charge in [0.05, 0.1) is 6.21 Å². The highest BCUT2D eigenvalue weighted by Crippen LogP contribution is 2.13. The van der Waals surface area contributed by atoms with Crippen molar-refractivity contribution in [3.8, 4) is 5.75 Å². The fraction of sp³-hybridized carbons (Fsp3) is 0.556. The molecule has 1 aromatic rings. The first kappa shape index (κ1) is 19.1. The first-order valence-corrected chi connectivity index (χ1v) is 8.54. The molecule has 0 bridgehead atoms. The van der Waals surface area contributed by atoms with Crippen LogP contribution in [0.3, 0.4) is 0 Å². The number of nitrogens with zero attached hydrogens (tertiary/aromatic N) is 3. The van der Waals surface area contributed by atoms with E-state index in [2.05, 4.69) is 10.0 Å². The molecular formula is C18H28N4O3. The summed E-state index contributed by atoms with van der Waals surface area (Å²) in [4.78, 5) is 16.1. The molecule has 0 unspecified atom stereocenters. The van der Waals surface area contributed by atoms with Crippen molar-refractivity contribution in [2.45, 2.75) is 26.4 Å². The summed E-state index contributed by atoms with van der Waals surface area (Å²) in [6, 6.07) is 7.62. The molecule has 2 N–H and O–H groups in total.